The minimum atomic E-state index is -0.195. The molecule has 47 heavy (non-hydrogen) atoms. The largest absolute Gasteiger partial charge is 0.0613 e. The van der Waals surface area contributed by atoms with Crippen molar-refractivity contribution in [1.29, 1.82) is 0 Å². The van der Waals surface area contributed by atoms with Crippen molar-refractivity contribution < 1.29 is 0 Å². The van der Waals surface area contributed by atoms with Gasteiger partial charge in [0, 0.05) is 5.41 Å². The van der Waals surface area contributed by atoms with Crippen LogP contribution in [-0.2, 0) is 5.41 Å². The lowest BCUT2D eigenvalue weighted by Gasteiger charge is -2.27. The molecule has 0 aliphatic heterocycles. The van der Waals surface area contributed by atoms with Crippen LogP contribution in [-0.4, -0.2) is 0 Å². The first-order valence-corrected chi connectivity index (χ1v) is 16.6. The summed E-state index contributed by atoms with van der Waals surface area (Å²) in [6.45, 7) is 4.72. The summed E-state index contributed by atoms with van der Waals surface area (Å²) in [5.74, 6) is 0. The SMILES string of the molecule is CC(C)(c1cccc(-c2ccc3ccc4cccc5ccc2c3c45)c1)c1cccc(-c2ccc3ccc4cccc5ccc2c3c45)c1. The molecule has 0 nitrogen and oxygen atoms in total. The summed E-state index contributed by atoms with van der Waals surface area (Å²) in [7, 11) is 0. The molecular formula is C47H32. The molecule has 0 saturated heterocycles. The van der Waals surface area contributed by atoms with E-state index in [4.69, 9.17) is 0 Å². The second-order valence-electron chi connectivity index (χ2n) is 13.7. The summed E-state index contributed by atoms with van der Waals surface area (Å²) >= 11 is 0. The van der Waals surface area contributed by atoms with Gasteiger partial charge in [0.15, 0.2) is 0 Å². The van der Waals surface area contributed by atoms with Crippen LogP contribution in [0.4, 0.5) is 0 Å². The highest BCUT2D eigenvalue weighted by atomic mass is 14.3. The third-order valence-corrected chi connectivity index (χ3v) is 10.8. The summed E-state index contributed by atoms with van der Waals surface area (Å²) in [4.78, 5) is 0. The Hall–Kier alpha value is -5.72. The van der Waals surface area contributed by atoms with E-state index in [9.17, 15) is 0 Å². The predicted molar refractivity (Wildman–Crippen MR) is 203 cm³/mol. The van der Waals surface area contributed by atoms with Crippen molar-refractivity contribution in [2.75, 3.05) is 0 Å². The van der Waals surface area contributed by atoms with E-state index >= 15 is 0 Å². The molecule has 0 radical (unpaired) electrons. The molecule has 10 aromatic rings. The van der Waals surface area contributed by atoms with E-state index in [0.29, 0.717) is 0 Å². The monoisotopic (exact) mass is 596 g/mol. The highest BCUT2D eigenvalue weighted by Crippen LogP contribution is 2.43. The summed E-state index contributed by atoms with van der Waals surface area (Å²) < 4.78 is 0. The third-order valence-electron chi connectivity index (χ3n) is 10.8. The number of hydrogen-bond donors (Lipinski definition) is 0. The van der Waals surface area contributed by atoms with Gasteiger partial charge in [-0.1, -0.05) is 172 Å². The van der Waals surface area contributed by atoms with Gasteiger partial charge in [0.1, 0.15) is 0 Å². The van der Waals surface area contributed by atoms with Crippen molar-refractivity contribution in [3.05, 3.63) is 169 Å². The van der Waals surface area contributed by atoms with Crippen molar-refractivity contribution in [3.8, 4) is 22.3 Å². The van der Waals surface area contributed by atoms with Crippen LogP contribution in [0, 0.1) is 0 Å². The molecule has 0 unspecified atom stereocenters. The van der Waals surface area contributed by atoms with Crippen LogP contribution in [0.5, 0.6) is 0 Å². The molecule has 0 saturated carbocycles. The van der Waals surface area contributed by atoms with Gasteiger partial charge in [0.2, 0.25) is 0 Å². The van der Waals surface area contributed by atoms with Crippen molar-refractivity contribution in [3.63, 3.8) is 0 Å². The van der Waals surface area contributed by atoms with Gasteiger partial charge in [0.05, 0.1) is 0 Å². The Bertz CT molecular complexity index is 2590. The fraction of sp³-hybridized carbons (Fsp3) is 0.0638. The maximum atomic E-state index is 2.41. The highest BCUT2D eigenvalue weighted by Gasteiger charge is 2.25. The Morgan fingerprint density at radius 3 is 1.09 bits per heavy atom. The zero-order valence-corrected chi connectivity index (χ0v) is 26.5. The van der Waals surface area contributed by atoms with Crippen molar-refractivity contribution in [2.45, 2.75) is 19.3 Å². The molecule has 220 valence electrons. The fourth-order valence-electron chi connectivity index (χ4n) is 8.29. The highest BCUT2D eigenvalue weighted by molar-refractivity contribution is 6.26. The summed E-state index contributed by atoms with van der Waals surface area (Å²) in [6.07, 6.45) is 0. The fourth-order valence-corrected chi connectivity index (χ4v) is 8.29. The molecule has 10 aromatic carbocycles. The van der Waals surface area contributed by atoms with Crippen LogP contribution in [0.2, 0.25) is 0 Å². The molecule has 0 spiro atoms. The second kappa shape index (κ2) is 9.64. The van der Waals surface area contributed by atoms with Crippen LogP contribution >= 0.6 is 0 Å². The zero-order chi connectivity index (χ0) is 31.3. The Morgan fingerprint density at radius 2 is 0.660 bits per heavy atom. The average molecular weight is 597 g/mol. The molecule has 0 atom stereocenters. The number of benzene rings is 10. The zero-order valence-electron chi connectivity index (χ0n) is 26.5. The lowest BCUT2D eigenvalue weighted by Crippen LogP contribution is -2.19. The van der Waals surface area contributed by atoms with Gasteiger partial charge in [-0.25, -0.2) is 0 Å². The van der Waals surface area contributed by atoms with Gasteiger partial charge in [0.25, 0.3) is 0 Å². The molecule has 0 aliphatic rings. The van der Waals surface area contributed by atoms with Crippen molar-refractivity contribution >= 4 is 64.6 Å². The van der Waals surface area contributed by atoms with Gasteiger partial charge in [-0.2, -0.15) is 0 Å². The molecule has 0 fully saturated rings. The number of rotatable bonds is 4. The van der Waals surface area contributed by atoms with Crippen molar-refractivity contribution in [2.24, 2.45) is 0 Å². The minimum absolute atomic E-state index is 0.195. The van der Waals surface area contributed by atoms with E-state index in [-0.39, 0.29) is 5.41 Å². The van der Waals surface area contributed by atoms with Gasteiger partial charge in [-0.05, 0) is 98.0 Å². The van der Waals surface area contributed by atoms with Crippen molar-refractivity contribution in [1.82, 2.24) is 0 Å². The molecule has 0 aliphatic carbocycles. The van der Waals surface area contributed by atoms with Gasteiger partial charge >= 0.3 is 0 Å². The maximum absolute atomic E-state index is 2.41. The smallest absolute Gasteiger partial charge is 0.0147 e. The minimum Gasteiger partial charge on any atom is -0.0613 e. The van der Waals surface area contributed by atoms with E-state index in [2.05, 4.69) is 172 Å². The third kappa shape index (κ3) is 3.82. The summed E-state index contributed by atoms with van der Waals surface area (Å²) in [6, 6.07) is 59.1. The first kappa shape index (κ1) is 26.5. The molecular weight excluding hydrogens is 565 g/mol. The lowest BCUT2D eigenvalue weighted by molar-refractivity contribution is 0.641. The molecule has 0 amide bonds. The second-order valence-corrected chi connectivity index (χ2v) is 13.7. The van der Waals surface area contributed by atoms with E-state index in [1.807, 2.05) is 0 Å². The van der Waals surface area contributed by atoms with E-state index in [1.54, 1.807) is 0 Å². The van der Waals surface area contributed by atoms with Crippen LogP contribution in [0.15, 0.2) is 158 Å². The first-order valence-electron chi connectivity index (χ1n) is 16.6. The normalized spacial score (nSPS) is 12.5. The Morgan fingerprint density at radius 1 is 0.319 bits per heavy atom. The van der Waals surface area contributed by atoms with Gasteiger partial charge in [-0.15, -0.1) is 0 Å². The first-order chi connectivity index (χ1) is 23.0. The molecule has 0 N–H and O–H groups in total. The molecule has 0 bridgehead atoms. The van der Waals surface area contributed by atoms with Crippen LogP contribution in [0.1, 0.15) is 25.0 Å². The average Bonchev–Trinajstić information content (AvgIpc) is 3.13. The van der Waals surface area contributed by atoms with E-state index < -0.39 is 0 Å². The standard InChI is InChI=1S/C47H32/c1-47(2,37-13-5-11-35(27-37)39-23-19-33-17-15-29-7-3-9-31-21-25-41(39)45(33)43(29)31)38-14-6-12-36(28-38)40-24-20-34-18-16-30-8-4-10-32-22-26-42(40)46(34)44(30)32/h3-28H,1-2H3. The van der Waals surface area contributed by atoms with Gasteiger partial charge < -0.3 is 0 Å². The van der Waals surface area contributed by atoms with E-state index in [1.165, 1.54) is 98.0 Å². The Kier molecular flexibility index (Phi) is 5.44. The topological polar surface area (TPSA) is 0 Å². The maximum Gasteiger partial charge on any atom is 0.0147 e. The molecule has 0 heteroatoms. The molecule has 10 rings (SSSR count). The Labute approximate surface area is 274 Å². The predicted octanol–water partition coefficient (Wildman–Crippen LogP) is 13.1. The van der Waals surface area contributed by atoms with Gasteiger partial charge in [-0.3, -0.25) is 0 Å². The molecule has 0 aromatic heterocycles. The molecule has 0 heterocycles. The van der Waals surface area contributed by atoms with Crippen LogP contribution in [0.3, 0.4) is 0 Å². The summed E-state index contributed by atoms with van der Waals surface area (Å²) in [5.41, 5.74) is 7.53. The number of hydrogen-bond acceptors (Lipinski definition) is 0. The van der Waals surface area contributed by atoms with Crippen LogP contribution in [0.25, 0.3) is 86.9 Å². The summed E-state index contributed by atoms with van der Waals surface area (Å²) in [5, 5.41) is 15.9. The lowest BCUT2D eigenvalue weighted by atomic mass is 9.76. The van der Waals surface area contributed by atoms with Crippen LogP contribution < -0.4 is 0 Å². The van der Waals surface area contributed by atoms with E-state index in [0.717, 1.165) is 0 Å². The quantitative estimate of drug-likeness (QED) is 0.177. The Balaban J connectivity index is 1.10.